The minimum absolute atomic E-state index is 0.716. The Morgan fingerprint density at radius 2 is 0.493 bits per heavy atom. The minimum Gasteiger partial charge on any atom is -0.456 e. The highest BCUT2D eigenvalue weighted by atomic mass is 32.1. The summed E-state index contributed by atoms with van der Waals surface area (Å²) in [6.07, 6.45) is 0. The van der Waals surface area contributed by atoms with Crippen LogP contribution in [0, 0.1) is 0 Å². The third-order valence-corrected chi connectivity index (χ3v) is 30.5. The van der Waals surface area contributed by atoms with Crippen molar-refractivity contribution in [1.29, 1.82) is 0 Å². The molecule has 0 aliphatic rings. The molecule has 144 heavy (non-hydrogen) atoms. The smallest absolute Gasteiger partial charge is 0.161 e. The number of rotatable bonds is 8. The van der Waals surface area contributed by atoms with Crippen LogP contribution in [0.4, 0.5) is 0 Å². The molecule has 12 heteroatoms. The second-order valence-corrected chi connectivity index (χ2v) is 38.5. The highest BCUT2D eigenvalue weighted by Gasteiger charge is 2.25. The quantitative estimate of drug-likeness (QED) is 0.136. The first kappa shape index (κ1) is 83.4. The van der Waals surface area contributed by atoms with E-state index in [0.717, 1.165) is 210 Å². The van der Waals surface area contributed by atoms with Gasteiger partial charge in [-0.3, -0.25) is 0 Å². The van der Waals surface area contributed by atoms with Gasteiger partial charge in [0.2, 0.25) is 0 Å². The molecule has 0 unspecified atom stereocenters. The van der Waals surface area contributed by atoms with Crippen LogP contribution in [-0.2, 0) is 0 Å². The Morgan fingerprint density at radius 1 is 0.160 bits per heavy atom. The number of hydrogen-bond donors (Lipinski definition) is 0. The molecule has 0 aliphatic carbocycles. The van der Waals surface area contributed by atoms with Crippen molar-refractivity contribution in [1.82, 2.24) is 39.9 Å². The van der Waals surface area contributed by atoms with E-state index in [1.807, 2.05) is 77.3 Å². The molecule has 0 aliphatic heterocycles. The number of thiophene rings is 2. The van der Waals surface area contributed by atoms with Gasteiger partial charge in [0, 0.05) is 149 Å². The van der Waals surface area contributed by atoms with Crippen LogP contribution in [0.1, 0.15) is 0 Å². The van der Waals surface area contributed by atoms with Crippen molar-refractivity contribution in [2.45, 2.75) is 0 Å². The Kier molecular flexibility index (Phi) is 20.1. The van der Waals surface area contributed by atoms with Crippen LogP contribution >= 0.6 is 22.7 Å². The summed E-state index contributed by atoms with van der Waals surface area (Å²) in [6, 6.07) is 165. The van der Waals surface area contributed by atoms with Gasteiger partial charge in [0.15, 0.2) is 23.3 Å². The second-order valence-electron chi connectivity index (χ2n) is 36.4. The van der Waals surface area contributed by atoms with Crippen LogP contribution in [0.25, 0.3) is 294 Å². The zero-order valence-corrected chi connectivity index (χ0v) is 78.9. The number of hydrogen-bond acceptors (Lipinski definition) is 12. The number of furan rings is 2. The molecular weight excluding hydrogens is 1790 g/mol. The summed E-state index contributed by atoms with van der Waals surface area (Å²) in [5.41, 5.74) is 19.7. The third-order valence-electron chi connectivity index (χ3n) is 28.1. The van der Waals surface area contributed by atoms with E-state index in [4.69, 9.17) is 48.7 Å². The predicted molar refractivity (Wildman–Crippen MR) is 605 cm³/mol. The third kappa shape index (κ3) is 14.4. The molecule has 0 spiro atoms. The van der Waals surface area contributed by atoms with Gasteiger partial charge < -0.3 is 8.83 Å². The fourth-order valence-corrected chi connectivity index (χ4v) is 23.8. The molecule has 23 aromatic carbocycles. The Morgan fingerprint density at radius 3 is 1.00 bits per heavy atom. The molecule has 0 radical (unpaired) electrons. The van der Waals surface area contributed by atoms with Gasteiger partial charge in [-0.05, 0) is 127 Å². The Balaban J connectivity index is 0.0000000935. The summed E-state index contributed by atoms with van der Waals surface area (Å²) in [6.45, 7) is 0. The van der Waals surface area contributed by atoms with Crippen molar-refractivity contribution in [2.75, 3.05) is 0 Å². The van der Waals surface area contributed by atoms with Crippen LogP contribution in [0.15, 0.2) is 482 Å². The number of fused-ring (bicyclic) bond motifs is 30. The molecule has 0 amide bonds. The van der Waals surface area contributed by atoms with E-state index in [1.165, 1.54) is 78.0 Å². The fraction of sp³-hybridized carbons (Fsp3) is 0. The highest BCUT2D eigenvalue weighted by molar-refractivity contribution is 7.27. The minimum atomic E-state index is 0.716. The van der Waals surface area contributed by atoms with Crippen molar-refractivity contribution in [2.24, 2.45) is 0 Å². The van der Waals surface area contributed by atoms with E-state index in [9.17, 15) is 0 Å². The maximum Gasteiger partial charge on any atom is 0.161 e. The molecule has 31 rings (SSSR count). The largest absolute Gasteiger partial charge is 0.456 e. The van der Waals surface area contributed by atoms with Gasteiger partial charge >= 0.3 is 0 Å². The van der Waals surface area contributed by atoms with Crippen LogP contribution in [0.5, 0.6) is 0 Å². The van der Waals surface area contributed by atoms with E-state index >= 15 is 0 Å². The van der Waals surface area contributed by atoms with Crippen molar-refractivity contribution < 1.29 is 8.83 Å². The van der Waals surface area contributed by atoms with E-state index in [0.29, 0.717) is 5.82 Å². The normalized spacial score (nSPS) is 11.8. The van der Waals surface area contributed by atoms with Crippen molar-refractivity contribution >= 4 is 226 Å². The van der Waals surface area contributed by atoms with Gasteiger partial charge in [-0.25, -0.2) is 39.9 Å². The van der Waals surface area contributed by atoms with Gasteiger partial charge in [0.05, 0.1) is 44.8 Å². The average molecular weight is 1870 g/mol. The van der Waals surface area contributed by atoms with Gasteiger partial charge in [-0.1, -0.05) is 400 Å². The molecule has 0 atom stereocenters. The molecule has 10 nitrogen and oxygen atoms in total. The zero-order chi connectivity index (χ0) is 94.8. The van der Waals surface area contributed by atoms with Crippen LogP contribution < -0.4 is 0 Å². The van der Waals surface area contributed by atoms with E-state index in [2.05, 4.69) is 419 Å². The summed E-state index contributed by atoms with van der Waals surface area (Å²) in [5, 5.41) is 30.4. The molecule has 0 saturated heterocycles. The summed E-state index contributed by atoms with van der Waals surface area (Å²) in [7, 11) is 0. The van der Waals surface area contributed by atoms with E-state index in [1.54, 1.807) is 0 Å². The topological polar surface area (TPSA) is 129 Å². The molecular formula is C132H78N8O2S2. The SMILES string of the molecule is c1ccc(-c2nc(-c3ccc4ccc5oc6ccccc6c5c4c3)nc3c2ccc2ccccc23)cc1.c1ccc(-c2nc(-c3ccc4ccc5oc6ccccc6c5c4c3)nc3ccc4ccccc4c23)cc1.c1ccc(-c2nc(-c3cccc4ccc5c6ccccc6sc5c34)nc3c2ccc2ccccc23)cc1.c1ccc(-c2nc(-c3cccc4ccc5c6ccccc6sc5c34)nc3ccccc23)cc1. The standard InChI is InChI=1S/2C34H20N2O.C34H20N2S.C30H18N2S/c1-2-9-23(10-3-1)33-32-25-11-5-4-8-21(25)16-18-28(32)35-34(36-33)24-15-14-22-17-19-30-31(27(22)20-24)26-12-6-7-13-29(26)37-30;1-2-9-23(10-3-1)32-27-18-16-21-8-4-5-11-25(21)33(27)36-34(35-32)24-15-14-22-17-19-30-31(28(22)20-24)26-12-6-7-13-29(26)37-30;1-2-10-23(11-3-1)31-28-20-17-21-9-4-5-13-24(21)32(28)36-34(35-31)27-15-8-12-22-18-19-26-25-14-6-7-16-29(25)37-33(26)30(22)27;1-2-9-20(10-3-1)28-23-13-4-6-15-25(23)31-30(32-28)24-14-8-11-19-17-18-22-21-12-5-7-16-26(21)33-29(22)27(19)24/h3*1-20H;1-18H. The Bertz CT molecular complexity index is 10700. The van der Waals surface area contributed by atoms with Gasteiger partial charge in [-0.2, -0.15) is 0 Å². The van der Waals surface area contributed by atoms with Gasteiger partial charge in [0.1, 0.15) is 22.3 Å². The summed E-state index contributed by atoms with van der Waals surface area (Å²) >= 11 is 3.70. The number of nitrogens with zero attached hydrogens (tertiary/aromatic N) is 8. The monoisotopic (exact) mass is 1870 g/mol. The van der Waals surface area contributed by atoms with E-state index < -0.39 is 0 Å². The highest BCUT2D eigenvalue weighted by Crippen LogP contribution is 2.48. The van der Waals surface area contributed by atoms with E-state index in [-0.39, 0.29) is 0 Å². The molecule has 0 bridgehead atoms. The van der Waals surface area contributed by atoms with Crippen LogP contribution in [-0.4, -0.2) is 39.9 Å². The lowest BCUT2D eigenvalue weighted by atomic mass is 9.99. The van der Waals surface area contributed by atoms with Gasteiger partial charge in [0.25, 0.3) is 0 Å². The lowest BCUT2D eigenvalue weighted by Crippen LogP contribution is -1.96. The fourth-order valence-electron chi connectivity index (χ4n) is 21.3. The molecule has 670 valence electrons. The first-order valence-electron chi connectivity index (χ1n) is 48.3. The van der Waals surface area contributed by atoms with Crippen molar-refractivity contribution in [3.8, 4) is 90.6 Å². The molecule has 0 N–H and O–H groups in total. The Labute approximate surface area is 832 Å². The molecule has 31 aromatic rings. The predicted octanol–water partition coefficient (Wildman–Crippen LogP) is 36.5. The molecule has 0 fully saturated rings. The first-order chi connectivity index (χ1) is 71.4. The summed E-state index contributed by atoms with van der Waals surface area (Å²) in [5.74, 6) is 2.96. The maximum atomic E-state index is 6.16. The lowest BCUT2D eigenvalue weighted by molar-refractivity contribution is 0.669. The number of aromatic nitrogens is 8. The molecule has 8 heterocycles. The maximum absolute atomic E-state index is 6.16. The van der Waals surface area contributed by atoms with Crippen molar-refractivity contribution in [3.05, 3.63) is 473 Å². The lowest BCUT2D eigenvalue weighted by Gasteiger charge is -2.13. The zero-order valence-electron chi connectivity index (χ0n) is 77.2. The summed E-state index contributed by atoms with van der Waals surface area (Å²) < 4.78 is 17.5. The Hall–Kier alpha value is -18.7. The molecule has 0 saturated carbocycles. The van der Waals surface area contributed by atoms with Crippen molar-refractivity contribution in [3.63, 3.8) is 0 Å². The van der Waals surface area contributed by atoms with Crippen LogP contribution in [0.2, 0.25) is 0 Å². The number of benzene rings is 23. The first-order valence-corrected chi connectivity index (χ1v) is 49.9. The van der Waals surface area contributed by atoms with Gasteiger partial charge in [-0.15, -0.1) is 22.7 Å². The number of para-hydroxylation sites is 3. The van der Waals surface area contributed by atoms with Crippen LogP contribution in [0.3, 0.4) is 0 Å². The average Bonchev–Trinajstić information content (AvgIpc) is 1.35. The summed E-state index contributed by atoms with van der Waals surface area (Å²) in [4.78, 5) is 41.3. The molecule has 8 aromatic heterocycles. The second kappa shape index (κ2) is 34.7.